The number of aliphatic hydroxyl groups excluding tert-OH is 1. The number of β-amino-alcohol motifs (C(OH)–C–C–N with tert-alkyl or cyclic N) is 1. The number of nitrogens with one attached hydrogen (secondary N) is 2. The van der Waals surface area contributed by atoms with Crippen molar-refractivity contribution in [1.29, 1.82) is 0 Å². The summed E-state index contributed by atoms with van der Waals surface area (Å²) < 4.78 is 12.3. The summed E-state index contributed by atoms with van der Waals surface area (Å²) in [5, 5.41) is 18.0. The number of pyridine rings is 2. The zero-order valence-electron chi connectivity index (χ0n) is 34.1. The molecule has 4 aromatic heterocycles. The van der Waals surface area contributed by atoms with Crippen LogP contribution in [0.15, 0.2) is 109 Å². The first-order valence-electron chi connectivity index (χ1n) is 20.5. The average molecular weight is 835 g/mol. The second-order valence-electron chi connectivity index (χ2n) is 16.0. The minimum absolute atomic E-state index is 0.00871. The molecule has 0 saturated carbocycles. The molecule has 9 rings (SSSR count). The van der Waals surface area contributed by atoms with Gasteiger partial charge in [0.2, 0.25) is 17.7 Å². The number of ether oxygens (including phenoxy) is 2. The molecule has 1 fully saturated rings. The lowest BCUT2D eigenvalue weighted by Gasteiger charge is -2.35. The third kappa shape index (κ3) is 7.94. The number of thiophene rings is 1. The molecule has 2 aliphatic rings. The highest BCUT2D eigenvalue weighted by molar-refractivity contribution is 7.13. The Morgan fingerprint density at radius 2 is 1.75 bits per heavy atom. The Morgan fingerprint density at radius 3 is 2.54 bits per heavy atom. The lowest BCUT2D eigenvalue weighted by Crippen LogP contribution is -2.55. The summed E-state index contributed by atoms with van der Waals surface area (Å²) in [5.74, 6) is -0.0956. The van der Waals surface area contributed by atoms with Crippen molar-refractivity contribution in [3.63, 3.8) is 0 Å². The average Bonchev–Trinajstić information content (AvgIpc) is 4.06. The summed E-state index contributed by atoms with van der Waals surface area (Å²) in [4.78, 5) is 58.0. The second-order valence-corrected chi connectivity index (χ2v) is 17.0. The first kappa shape index (κ1) is 39.9. The van der Waals surface area contributed by atoms with Gasteiger partial charge in [0.15, 0.2) is 0 Å². The van der Waals surface area contributed by atoms with Crippen LogP contribution in [0, 0.1) is 12.8 Å². The van der Waals surface area contributed by atoms with Crippen molar-refractivity contribution in [1.82, 2.24) is 30.1 Å². The molecule has 7 aromatic rings. The number of aromatic nitrogens is 3. The Kier molecular flexibility index (Phi) is 11.0. The van der Waals surface area contributed by atoms with Crippen LogP contribution in [0.2, 0.25) is 0 Å². The van der Waals surface area contributed by atoms with E-state index in [1.54, 1.807) is 34.7 Å². The second kappa shape index (κ2) is 16.8. The Bertz CT molecular complexity index is 2760. The minimum Gasteiger partial charge on any atom is -0.490 e. The van der Waals surface area contributed by atoms with Crippen molar-refractivity contribution in [2.24, 2.45) is 5.92 Å². The number of aryl methyl sites for hydroxylation is 1. The summed E-state index contributed by atoms with van der Waals surface area (Å²) in [6.07, 6.45) is 4.67. The fraction of sp³-hybridized carbons (Fsp3) is 0.271. The molecule has 13 heteroatoms. The van der Waals surface area contributed by atoms with Gasteiger partial charge in [0.1, 0.15) is 31.0 Å². The fourth-order valence-electron chi connectivity index (χ4n) is 8.56. The maximum atomic E-state index is 14.2. The molecule has 0 unspecified atom stereocenters. The molecule has 310 valence electrons. The number of hydrogen-bond acceptors (Lipinski definition) is 9. The third-order valence-corrected chi connectivity index (χ3v) is 12.7. The summed E-state index contributed by atoms with van der Waals surface area (Å²) in [5.41, 5.74) is 8.40. The molecular weight excluding hydrogens is 789 g/mol. The van der Waals surface area contributed by atoms with Crippen LogP contribution in [0.3, 0.4) is 0 Å². The van der Waals surface area contributed by atoms with Crippen LogP contribution in [0.1, 0.15) is 47.3 Å². The summed E-state index contributed by atoms with van der Waals surface area (Å²) in [7, 11) is 0. The van der Waals surface area contributed by atoms with Crippen molar-refractivity contribution in [3.8, 4) is 33.2 Å². The predicted octanol–water partition coefficient (Wildman–Crippen LogP) is 7.53. The van der Waals surface area contributed by atoms with Gasteiger partial charge >= 0.3 is 0 Å². The lowest BCUT2D eigenvalue weighted by molar-refractivity contribution is -0.143. The van der Waals surface area contributed by atoms with E-state index in [2.05, 4.69) is 56.8 Å². The smallest absolute Gasteiger partial charge is 0.255 e. The molecule has 3 amide bonds. The van der Waals surface area contributed by atoms with Gasteiger partial charge in [-0.1, -0.05) is 56.3 Å². The SMILES string of the molecule is Cc1ccsc1-c1ccc(CNC(=O)[C@@H]2C[C@@H](O)CN2C(=O)[C@H](C(C)C)N2Cc3ccccc3C2=O)c(OCCOc2ccc(-c3ccc4c(c3)[nH]c3ccncc34)cn2)c1. The number of benzene rings is 3. The molecular formula is C48H46N6O6S. The first-order chi connectivity index (χ1) is 29.6. The van der Waals surface area contributed by atoms with Crippen LogP contribution >= 0.6 is 11.3 Å². The van der Waals surface area contributed by atoms with Crippen LogP contribution in [0.5, 0.6) is 11.6 Å². The molecule has 0 bridgehead atoms. The molecule has 0 radical (unpaired) electrons. The van der Waals surface area contributed by atoms with E-state index >= 15 is 0 Å². The number of carbonyl (C=O) groups excluding carboxylic acids is 3. The number of hydrogen-bond donors (Lipinski definition) is 3. The van der Waals surface area contributed by atoms with E-state index in [1.165, 1.54) is 4.90 Å². The zero-order chi connectivity index (χ0) is 42.2. The molecule has 3 aromatic carbocycles. The Labute approximate surface area is 357 Å². The Balaban J connectivity index is 0.856. The third-order valence-electron chi connectivity index (χ3n) is 11.6. The van der Waals surface area contributed by atoms with Gasteiger partial charge in [0, 0.05) is 94.1 Å². The molecule has 1 saturated heterocycles. The highest BCUT2D eigenvalue weighted by Crippen LogP contribution is 2.35. The molecule has 61 heavy (non-hydrogen) atoms. The largest absolute Gasteiger partial charge is 0.490 e. The molecule has 0 aliphatic carbocycles. The van der Waals surface area contributed by atoms with Gasteiger partial charge in [0.05, 0.1) is 6.10 Å². The number of fused-ring (bicyclic) bond motifs is 4. The fourth-order valence-corrected chi connectivity index (χ4v) is 9.49. The molecule has 12 nitrogen and oxygen atoms in total. The van der Waals surface area contributed by atoms with Crippen molar-refractivity contribution < 1.29 is 29.0 Å². The van der Waals surface area contributed by atoms with Crippen LogP contribution in [-0.2, 0) is 22.7 Å². The van der Waals surface area contributed by atoms with E-state index < -0.39 is 18.2 Å². The Morgan fingerprint density at radius 1 is 0.934 bits per heavy atom. The van der Waals surface area contributed by atoms with Crippen LogP contribution in [-0.4, -0.2) is 85.5 Å². The number of amides is 3. The van der Waals surface area contributed by atoms with Gasteiger partial charge < -0.3 is 34.7 Å². The quantitative estimate of drug-likeness (QED) is 0.101. The number of aromatic amines is 1. The maximum absolute atomic E-state index is 14.2. The number of aliphatic hydroxyl groups is 1. The summed E-state index contributed by atoms with van der Waals surface area (Å²) >= 11 is 1.64. The van der Waals surface area contributed by atoms with Gasteiger partial charge in [-0.25, -0.2) is 4.98 Å². The topological polar surface area (TPSA) is 150 Å². The van der Waals surface area contributed by atoms with Crippen LogP contribution in [0.25, 0.3) is 43.4 Å². The van der Waals surface area contributed by atoms with E-state index in [-0.39, 0.29) is 56.4 Å². The number of rotatable bonds is 13. The predicted molar refractivity (Wildman–Crippen MR) is 235 cm³/mol. The summed E-state index contributed by atoms with van der Waals surface area (Å²) in [6, 6.07) is 25.7. The number of nitrogens with zero attached hydrogens (tertiary/aromatic N) is 4. The highest BCUT2D eigenvalue weighted by Gasteiger charge is 2.45. The van der Waals surface area contributed by atoms with Crippen LogP contribution in [0.4, 0.5) is 0 Å². The highest BCUT2D eigenvalue weighted by atomic mass is 32.1. The van der Waals surface area contributed by atoms with Crippen LogP contribution < -0.4 is 14.8 Å². The molecule has 6 heterocycles. The van der Waals surface area contributed by atoms with Gasteiger partial charge in [0.25, 0.3) is 5.91 Å². The van der Waals surface area contributed by atoms with Gasteiger partial charge in [-0.05, 0) is 76.9 Å². The van der Waals surface area contributed by atoms with Crippen molar-refractivity contribution >= 4 is 50.9 Å². The maximum Gasteiger partial charge on any atom is 0.255 e. The van der Waals surface area contributed by atoms with E-state index in [1.807, 2.05) is 74.6 Å². The van der Waals surface area contributed by atoms with Crippen molar-refractivity contribution in [2.75, 3.05) is 19.8 Å². The lowest BCUT2D eigenvalue weighted by atomic mass is 10.0. The standard InChI is InChI=1S/C48H46N6O6S/c1-28(2)44(54-26-34-6-4-5-7-36(34)47(54)57)48(58)53-27-35(55)22-41(53)46(56)51-24-33-9-8-31(45-29(3)15-19-61-45)21-42(33)59-17-18-60-43-13-11-32(23-50-43)30-10-12-37-38-25-49-16-14-39(38)52-40(37)20-30/h4-16,19-21,23,25,28,35,41,44,52,55H,17-18,22,24,26-27H2,1-3H3,(H,51,56)/t35-,41+,44+/m1/s1. The zero-order valence-corrected chi connectivity index (χ0v) is 34.9. The monoisotopic (exact) mass is 834 g/mol. The van der Waals surface area contributed by atoms with Crippen molar-refractivity contribution in [3.05, 3.63) is 131 Å². The number of H-pyrrole nitrogens is 1. The molecule has 2 aliphatic heterocycles. The number of carbonyl (C=O) groups is 3. The normalized spacial score (nSPS) is 16.7. The molecule has 3 N–H and O–H groups in total. The number of likely N-dealkylation sites (tertiary alicyclic amines) is 1. The minimum atomic E-state index is -0.900. The first-order valence-corrected chi connectivity index (χ1v) is 21.4. The van der Waals surface area contributed by atoms with Gasteiger partial charge in [-0.3, -0.25) is 19.4 Å². The van der Waals surface area contributed by atoms with Gasteiger partial charge in [-0.15, -0.1) is 11.3 Å². The molecule has 0 spiro atoms. The summed E-state index contributed by atoms with van der Waals surface area (Å²) in [6.45, 7) is 6.76. The van der Waals surface area contributed by atoms with E-state index in [4.69, 9.17) is 9.47 Å². The van der Waals surface area contributed by atoms with E-state index in [0.717, 1.165) is 60.1 Å². The molecule has 3 atom stereocenters. The Hall–Kier alpha value is -6.57. The van der Waals surface area contributed by atoms with E-state index in [9.17, 15) is 19.5 Å². The van der Waals surface area contributed by atoms with Gasteiger partial charge in [-0.2, -0.15) is 0 Å². The van der Waals surface area contributed by atoms with E-state index in [0.29, 0.717) is 23.7 Å². The van der Waals surface area contributed by atoms with Crippen molar-refractivity contribution in [2.45, 2.75) is 58.5 Å².